The molecule has 6 heteroatoms. The molecule has 2 aromatic carbocycles. The predicted octanol–water partition coefficient (Wildman–Crippen LogP) is 3.21. The zero-order valence-electron chi connectivity index (χ0n) is 11.8. The predicted molar refractivity (Wildman–Crippen MR) is 84.5 cm³/mol. The maximum atomic E-state index is 12.6. The molecule has 0 aliphatic rings. The van der Waals surface area contributed by atoms with Crippen LogP contribution in [-0.4, -0.2) is 15.5 Å². The Kier molecular flexibility index (Phi) is 4.44. The molecular formula is C15H16ClNO3S. The second kappa shape index (κ2) is 5.95. The third-order valence-corrected chi connectivity index (χ3v) is 5.17. The molecule has 0 aromatic heterocycles. The van der Waals surface area contributed by atoms with Crippen molar-refractivity contribution in [1.82, 2.24) is 0 Å². The summed E-state index contributed by atoms with van der Waals surface area (Å²) in [5.41, 5.74) is 7.28. The van der Waals surface area contributed by atoms with Gasteiger partial charge in [-0.3, -0.25) is 0 Å². The number of aryl methyl sites for hydroxylation is 1. The monoisotopic (exact) mass is 325 g/mol. The molecule has 0 aliphatic carbocycles. The van der Waals surface area contributed by atoms with Crippen molar-refractivity contribution in [3.8, 4) is 5.75 Å². The molecule has 0 saturated heterocycles. The first-order chi connectivity index (χ1) is 9.83. The number of nitrogens with two attached hydrogens (primary N) is 1. The Balaban J connectivity index is 2.47. The van der Waals surface area contributed by atoms with Crippen LogP contribution in [0.4, 0.5) is 5.69 Å². The lowest BCUT2D eigenvalue weighted by atomic mass is 10.2. The maximum Gasteiger partial charge on any atom is 0.182 e. The number of hydrogen-bond donors (Lipinski definition) is 1. The molecule has 0 heterocycles. The quantitative estimate of drug-likeness (QED) is 0.876. The smallest absolute Gasteiger partial charge is 0.182 e. The highest BCUT2D eigenvalue weighted by atomic mass is 35.5. The van der Waals surface area contributed by atoms with Gasteiger partial charge in [0.2, 0.25) is 0 Å². The average Bonchev–Trinajstić information content (AvgIpc) is 2.41. The fourth-order valence-electron chi connectivity index (χ4n) is 2.09. The fourth-order valence-corrected chi connectivity index (χ4v) is 3.95. The topological polar surface area (TPSA) is 69.4 Å². The van der Waals surface area contributed by atoms with E-state index in [4.69, 9.17) is 22.1 Å². The maximum absolute atomic E-state index is 12.6. The Morgan fingerprint density at radius 2 is 1.90 bits per heavy atom. The summed E-state index contributed by atoms with van der Waals surface area (Å²) < 4.78 is 30.4. The molecule has 112 valence electrons. The highest BCUT2D eigenvalue weighted by molar-refractivity contribution is 7.90. The van der Waals surface area contributed by atoms with Gasteiger partial charge in [0.1, 0.15) is 5.75 Å². The Bertz CT molecular complexity index is 772. The Morgan fingerprint density at radius 1 is 1.19 bits per heavy atom. The van der Waals surface area contributed by atoms with E-state index in [9.17, 15) is 8.42 Å². The SMILES string of the molecule is COc1ccc(Cl)cc1CS(=O)(=O)c1cc(N)ccc1C. The molecule has 0 saturated carbocycles. The van der Waals surface area contributed by atoms with Crippen LogP contribution in [0.1, 0.15) is 11.1 Å². The van der Waals surface area contributed by atoms with Crippen LogP contribution in [0.15, 0.2) is 41.3 Å². The first kappa shape index (κ1) is 15.7. The molecule has 2 rings (SSSR count). The zero-order valence-corrected chi connectivity index (χ0v) is 13.3. The second-order valence-electron chi connectivity index (χ2n) is 4.74. The standard InChI is InChI=1S/C15H16ClNO3S/c1-10-3-5-13(17)8-15(10)21(18,19)9-11-7-12(16)4-6-14(11)20-2/h3-8H,9,17H2,1-2H3. The fraction of sp³-hybridized carbons (Fsp3) is 0.200. The Labute approximate surface area is 129 Å². The van der Waals surface area contributed by atoms with Crippen molar-refractivity contribution in [1.29, 1.82) is 0 Å². The number of hydrogen-bond acceptors (Lipinski definition) is 4. The zero-order chi connectivity index (χ0) is 15.6. The van der Waals surface area contributed by atoms with Gasteiger partial charge < -0.3 is 10.5 Å². The number of benzene rings is 2. The number of sulfone groups is 1. The lowest BCUT2D eigenvalue weighted by molar-refractivity contribution is 0.411. The van der Waals surface area contributed by atoms with E-state index in [2.05, 4.69) is 0 Å². The summed E-state index contributed by atoms with van der Waals surface area (Å²) in [6.45, 7) is 1.74. The molecule has 0 atom stereocenters. The molecule has 2 N–H and O–H groups in total. The minimum absolute atomic E-state index is 0.193. The highest BCUT2D eigenvalue weighted by Gasteiger charge is 2.20. The summed E-state index contributed by atoms with van der Waals surface area (Å²) in [4.78, 5) is 0.226. The Morgan fingerprint density at radius 3 is 2.57 bits per heavy atom. The van der Waals surface area contributed by atoms with Crippen molar-refractivity contribution in [3.63, 3.8) is 0 Å². The first-order valence-corrected chi connectivity index (χ1v) is 8.28. The van der Waals surface area contributed by atoms with Crippen LogP contribution in [0.3, 0.4) is 0 Å². The van der Waals surface area contributed by atoms with Gasteiger partial charge in [-0.1, -0.05) is 17.7 Å². The normalized spacial score (nSPS) is 11.4. The van der Waals surface area contributed by atoms with Gasteiger partial charge in [-0.15, -0.1) is 0 Å². The molecule has 21 heavy (non-hydrogen) atoms. The molecule has 0 aliphatic heterocycles. The minimum atomic E-state index is -3.53. The van der Waals surface area contributed by atoms with Crippen LogP contribution in [0.25, 0.3) is 0 Å². The molecule has 0 radical (unpaired) electrons. The molecular weight excluding hydrogens is 310 g/mol. The van der Waals surface area contributed by atoms with Crippen molar-refractivity contribution < 1.29 is 13.2 Å². The van der Waals surface area contributed by atoms with Crippen LogP contribution in [0, 0.1) is 6.92 Å². The van der Waals surface area contributed by atoms with Gasteiger partial charge in [0, 0.05) is 16.3 Å². The average molecular weight is 326 g/mol. The van der Waals surface area contributed by atoms with E-state index < -0.39 is 9.84 Å². The molecule has 2 aromatic rings. The van der Waals surface area contributed by atoms with Gasteiger partial charge >= 0.3 is 0 Å². The number of anilines is 1. The van der Waals surface area contributed by atoms with Gasteiger partial charge in [0.15, 0.2) is 9.84 Å². The second-order valence-corrected chi connectivity index (χ2v) is 7.13. The van der Waals surface area contributed by atoms with Gasteiger partial charge in [0.05, 0.1) is 17.8 Å². The first-order valence-electron chi connectivity index (χ1n) is 6.25. The summed E-state index contributed by atoms with van der Waals surface area (Å²) in [7, 11) is -2.04. The van der Waals surface area contributed by atoms with E-state index in [1.54, 1.807) is 37.3 Å². The summed E-state index contributed by atoms with van der Waals surface area (Å²) in [5.74, 6) is 0.297. The molecule has 0 bridgehead atoms. The summed E-state index contributed by atoms with van der Waals surface area (Å²) in [6.07, 6.45) is 0. The summed E-state index contributed by atoms with van der Waals surface area (Å²) in [6, 6.07) is 9.74. The van der Waals surface area contributed by atoms with Crippen LogP contribution < -0.4 is 10.5 Å². The molecule has 0 unspecified atom stereocenters. The van der Waals surface area contributed by atoms with Crippen molar-refractivity contribution in [3.05, 3.63) is 52.5 Å². The lowest BCUT2D eigenvalue weighted by Crippen LogP contribution is -2.08. The van der Waals surface area contributed by atoms with Crippen LogP contribution in [0.5, 0.6) is 5.75 Å². The number of nitrogen functional groups attached to an aromatic ring is 1. The number of methoxy groups -OCH3 is 1. The molecule has 4 nitrogen and oxygen atoms in total. The molecule has 0 spiro atoms. The van der Waals surface area contributed by atoms with E-state index in [0.717, 1.165) is 0 Å². The van der Waals surface area contributed by atoms with Crippen LogP contribution in [0.2, 0.25) is 5.02 Å². The van der Waals surface area contributed by atoms with E-state index in [1.165, 1.54) is 13.2 Å². The van der Waals surface area contributed by atoms with Crippen LogP contribution >= 0.6 is 11.6 Å². The van der Waals surface area contributed by atoms with E-state index in [1.807, 2.05) is 0 Å². The van der Waals surface area contributed by atoms with Gasteiger partial charge in [-0.05, 0) is 42.8 Å². The van der Waals surface area contributed by atoms with Gasteiger partial charge in [-0.2, -0.15) is 0 Å². The van der Waals surface area contributed by atoms with Crippen molar-refractivity contribution >= 4 is 27.1 Å². The summed E-state index contributed by atoms with van der Waals surface area (Å²) >= 11 is 5.93. The number of rotatable bonds is 4. The third kappa shape index (κ3) is 3.49. The largest absolute Gasteiger partial charge is 0.496 e. The van der Waals surface area contributed by atoms with Crippen molar-refractivity contribution in [2.45, 2.75) is 17.6 Å². The minimum Gasteiger partial charge on any atom is -0.496 e. The molecule has 0 fully saturated rings. The Hall–Kier alpha value is -1.72. The van der Waals surface area contributed by atoms with Gasteiger partial charge in [-0.25, -0.2) is 8.42 Å². The highest BCUT2D eigenvalue weighted by Crippen LogP contribution is 2.28. The summed E-state index contributed by atoms with van der Waals surface area (Å²) in [5, 5.41) is 0.463. The number of halogens is 1. The molecule has 0 amide bonds. The van der Waals surface area contributed by atoms with Gasteiger partial charge in [0.25, 0.3) is 0 Å². The number of ether oxygens (including phenoxy) is 1. The third-order valence-electron chi connectivity index (χ3n) is 3.14. The van der Waals surface area contributed by atoms with E-state index in [0.29, 0.717) is 27.6 Å². The van der Waals surface area contributed by atoms with Crippen molar-refractivity contribution in [2.24, 2.45) is 0 Å². The van der Waals surface area contributed by atoms with Crippen LogP contribution in [-0.2, 0) is 15.6 Å². The van der Waals surface area contributed by atoms with Crippen molar-refractivity contribution in [2.75, 3.05) is 12.8 Å². The van der Waals surface area contributed by atoms with E-state index in [-0.39, 0.29) is 10.6 Å². The van der Waals surface area contributed by atoms with E-state index >= 15 is 0 Å². The lowest BCUT2D eigenvalue weighted by Gasteiger charge is -2.12.